The zero-order valence-corrected chi connectivity index (χ0v) is 16.8. The molecule has 0 aliphatic heterocycles. The molecule has 0 aromatic carbocycles. The van der Waals surface area contributed by atoms with Crippen molar-refractivity contribution in [1.29, 1.82) is 0 Å². The number of esters is 1. The molecule has 0 saturated carbocycles. The second-order valence-electron chi connectivity index (χ2n) is 5.94. The van der Waals surface area contributed by atoms with Crippen molar-refractivity contribution in [2.75, 3.05) is 6.61 Å². The molecule has 0 unspecified atom stereocenters. The molecule has 0 N–H and O–H groups in total. The Morgan fingerprint density at radius 1 is 1.27 bits per heavy atom. The molecule has 0 radical (unpaired) electrons. The first-order chi connectivity index (χ1) is 12.4. The number of ether oxygens (including phenoxy) is 1. The van der Waals surface area contributed by atoms with E-state index in [1.807, 2.05) is 44.4 Å². The smallest absolute Gasteiger partial charge is 0.350 e. The van der Waals surface area contributed by atoms with Gasteiger partial charge < -0.3 is 9.30 Å². The van der Waals surface area contributed by atoms with E-state index in [1.165, 1.54) is 11.3 Å². The molecule has 136 valence electrons. The summed E-state index contributed by atoms with van der Waals surface area (Å²) >= 11 is 2.87. The minimum absolute atomic E-state index is 0.188. The summed E-state index contributed by atoms with van der Waals surface area (Å²) in [5, 5.41) is 2.76. The van der Waals surface area contributed by atoms with Crippen LogP contribution < -0.4 is 0 Å². The third kappa shape index (κ3) is 3.50. The van der Waals surface area contributed by atoms with E-state index in [4.69, 9.17) is 4.74 Å². The Kier molecular flexibility index (Phi) is 5.38. The maximum absolute atomic E-state index is 12.5. The van der Waals surface area contributed by atoms with Gasteiger partial charge in [-0.3, -0.25) is 4.79 Å². The topological polar surface area (TPSA) is 61.2 Å². The quantitative estimate of drug-likeness (QED) is 0.455. The molecule has 0 spiro atoms. The Labute approximate surface area is 160 Å². The summed E-state index contributed by atoms with van der Waals surface area (Å²) in [6.07, 6.45) is 0. The van der Waals surface area contributed by atoms with Crippen LogP contribution in [0.15, 0.2) is 23.6 Å². The van der Waals surface area contributed by atoms with Crippen LogP contribution in [-0.2, 0) is 11.3 Å². The molecule has 3 aromatic heterocycles. The predicted octanol–water partition coefficient (Wildman–Crippen LogP) is 4.66. The van der Waals surface area contributed by atoms with Crippen LogP contribution in [0.3, 0.4) is 0 Å². The van der Waals surface area contributed by atoms with Crippen molar-refractivity contribution in [2.45, 2.75) is 34.2 Å². The van der Waals surface area contributed by atoms with E-state index in [0.717, 1.165) is 27.8 Å². The number of thiazole rings is 1. The zero-order chi connectivity index (χ0) is 18.8. The van der Waals surface area contributed by atoms with Crippen molar-refractivity contribution in [2.24, 2.45) is 0 Å². The fraction of sp³-hybridized carbons (Fsp3) is 0.316. The standard InChI is InChI=1S/C19H20N2O3S2/c1-5-21-11(2)9-14(13(21)4)15(22)10-24-19(23)17-12(3)20-18(26-17)16-7-6-8-25-16/h6-9H,5,10H2,1-4H3. The highest BCUT2D eigenvalue weighted by molar-refractivity contribution is 7.22. The lowest BCUT2D eigenvalue weighted by Gasteiger charge is -2.06. The first kappa shape index (κ1) is 18.5. The number of carbonyl (C=O) groups excluding carboxylic acids is 2. The summed E-state index contributed by atoms with van der Waals surface area (Å²) in [6, 6.07) is 5.76. The molecule has 0 aliphatic carbocycles. The van der Waals surface area contributed by atoms with Gasteiger partial charge in [-0.1, -0.05) is 6.07 Å². The molecule has 0 bridgehead atoms. The van der Waals surface area contributed by atoms with E-state index in [-0.39, 0.29) is 12.4 Å². The minimum atomic E-state index is -0.500. The Morgan fingerprint density at radius 2 is 2.04 bits per heavy atom. The van der Waals surface area contributed by atoms with E-state index in [0.29, 0.717) is 16.1 Å². The maximum atomic E-state index is 12.5. The Morgan fingerprint density at radius 3 is 2.65 bits per heavy atom. The van der Waals surface area contributed by atoms with Gasteiger partial charge >= 0.3 is 5.97 Å². The first-order valence-electron chi connectivity index (χ1n) is 8.30. The van der Waals surface area contributed by atoms with Crippen molar-refractivity contribution in [1.82, 2.24) is 9.55 Å². The molecule has 0 saturated heterocycles. The van der Waals surface area contributed by atoms with Crippen LogP contribution in [0.4, 0.5) is 0 Å². The average molecular weight is 389 g/mol. The van der Waals surface area contributed by atoms with E-state index in [9.17, 15) is 9.59 Å². The molecule has 0 fully saturated rings. The molecule has 3 heterocycles. The highest BCUT2D eigenvalue weighted by Gasteiger charge is 2.21. The van der Waals surface area contributed by atoms with Gasteiger partial charge in [0.25, 0.3) is 0 Å². The zero-order valence-electron chi connectivity index (χ0n) is 15.2. The molecular weight excluding hydrogens is 368 g/mol. The molecule has 3 aromatic rings. The molecule has 0 atom stereocenters. The van der Waals surface area contributed by atoms with Crippen LogP contribution in [0, 0.1) is 20.8 Å². The summed E-state index contributed by atoms with van der Waals surface area (Å²) < 4.78 is 7.33. The lowest BCUT2D eigenvalue weighted by atomic mass is 10.1. The highest BCUT2D eigenvalue weighted by atomic mass is 32.1. The maximum Gasteiger partial charge on any atom is 0.350 e. The van der Waals surface area contributed by atoms with Crippen LogP contribution >= 0.6 is 22.7 Å². The molecule has 3 rings (SSSR count). The molecular formula is C19H20N2O3S2. The molecule has 5 nitrogen and oxygen atoms in total. The first-order valence-corrected chi connectivity index (χ1v) is 10.00. The van der Waals surface area contributed by atoms with Gasteiger partial charge in [-0.25, -0.2) is 9.78 Å². The lowest BCUT2D eigenvalue weighted by molar-refractivity contribution is 0.0478. The Bertz CT molecular complexity index is 952. The Hall–Kier alpha value is -2.25. The average Bonchev–Trinajstić information content (AvgIpc) is 3.32. The summed E-state index contributed by atoms with van der Waals surface area (Å²) in [7, 11) is 0. The number of hydrogen-bond donors (Lipinski definition) is 0. The van der Waals surface area contributed by atoms with Crippen LogP contribution in [0.1, 0.15) is 44.0 Å². The van der Waals surface area contributed by atoms with Crippen molar-refractivity contribution < 1.29 is 14.3 Å². The van der Waals surface area contributed by atoms with Crippen molar-refractivity contribution in [3.63, 3.8) is 0 Å². The molecule has 26 heavy (non-hydrogen) atoms. The van der Waals surface area contributed by atoms with Gasteiger partial charge in [0.15, 0.2) is 6.61 Å². The van der Waals surface area contributed by atoms with Gasteiger partial charge in [-0.05, 0) is 45.2 Å². The van der Waals surface area contributed by atoms with Gasteiger partial charge in [0.1, 0.15) is 9.88 Å². The van der Waals surface area contributed by atoms with E-state index < -0.39 is 5.97 Å². The van der Waals surface area contributed by atoms with Gasteiger partial charge in [-0.15, -0.1) is 22.7 Å². The summed E-state index contributed by atoms with van der Waals surface area (Å²) in [5.74, 6) is -0.688. The number of nitrogens with zero attached hydrogens (tertiary/aromatic N) is 2. The van der Waals surface area contributed by atoms with Crippen LogP contribution in [0.25, 0.3) is 9.88 Å². The predicted molar refractivity (Wildman–Crippen MR) is 104 cm³/mol. The molecule has 0 amide bonds. The number of thiophene rings is 1. The lowest BCUT2D eigenvalue weighted by Crippen LogP contribution is -2.15. The largest absolute Gasteiger partial charge is 0.453 e. The third-order valence-corrected chi connectivity index (χ3v) is 6.42. The Balaban J connectivity index is 1.70. The number of aryl methyl sites for hydroxylation is 2. The second kappa shape index (κ2) is 7.55. The van der Waals surface area contributed by atoms with Crippen molar-refractivity contribution in [3.8, 4) is 9.88 Å². The highest BCUT2D eigenvalue weighted by Crippen LogP contribution is 2.31. The minimum Gasteiger partial charge on any atom is -0.453 e. The number of ketones is 1. The number of carbonyl (C=O) groups is 2. The van der Waals surface area contributed by atoms with E-state index in [1.54, 1.807) is 18.3 Å². The summed E-state index contributed by atoms with van der Waals surface area (Å²) in [6.45, 7) is 8.22. The van der Waals surface area contributed by atoms with Gasteiger partial charge in [0.05, 0.1) is 10.6 Å². The van der Waals surface area contributed by atoms with E-state index >= 15 is 0 Å². The van der Waals surface area contributed by atoms with E-state index in [2.05, 4.69) is 9.55 Å². The van der Waals surface area contributed by atoms with Crippen molar-refractivity contribution >= 4 is 34.4 Å². The van der Waals surface area contributed by atoms with Crippen LogP contribution in [-0.4, -0.2) is 27.9 Å². The summed E-state index contributed by atoms with van der Waals surface area (Å²) in [4.78, 5) is 30.7. The fourth-order valence-electron chi connectivity index (χ4n) is 2.94. The van der Waals surface area contributed by atoms with Crippen LogP contribution in [0.5, 0.6) is 0 Å². The van der Waals surface area contributed by atoms with Gasteiger partial charge in [0, 0.05) is 23.5 Å². The second-order valence-corrected chi connectivity index (χ2v) is 7.89. The monoisotopic (exact) mass is 388 g/mol. The normalized spacial score (nSPS) is 10.9. The summed E-state index contributed by atoms with van der Waals surface area (Å²) in [5.41, 5.74) is 3.16. The van der Waals surface area contributed by atoms with Gasteiger partial charge in [-0.2, -0.15) is 0 Å². The third-order valence-electron chi connectivity index (χ3n) is 4.24. The number of rotatable bonds is 6. The number of aromatic nitrogens is 2. The number of Topliss-reactive ketones (excluding diaryl/α,β-unsaturated/α-hetero) is 1. The molecule has 0 aliphatic rings. The SMILES string of the molecule is CCn1c(C)cc(C(=O)COC(=O)c2sc(-c3cccs3)nc2C)c1C. The van der Waals surface area contributed by atoms with Gasteiger partial charge in [0.2, 0.25) is 5.78 Å². The number of hydrogen-bond acceptors (Lipinski definition) is 6. The molecule has 7 heteroatoms. The fourth-order valence-corrected chi connectivity index (χ4v) is 4.69. The van der Waals surface area contributed by atoms with Crippen LogP contribution in [0.2, 0.25) is 0 Å². The van der Waals surface area contributed by atoms with Crippen molar-refractivity contribution in [3.05, 3.63) is 51.1 Å².